The molecule has 0 radical (unpaired) electrons. The number of sulfonamides is 1. The van der Waals surface area contributed by atoms with Crippen LogP contribution in [0.5, 0.6) is 5.75 Å². The lowest BCUT2D eigenvalue weighted by molar-refractivity contribution is 0.407. The maximum absolute atomic E-state index is 11.8. The monoisotopic (exact) mass is 403 g/mol. The lowest BCUT2D eigenvalue weighted by Gasteiger charge is -2.34. The Hall–Kier alpha value is -2.25. The molecule has 0 aromatic heterocycles. The van der Waals surface area contributed by atoms with Gasteiger partial charge in [-0.15, -0.1) is 0 Å². The fourth-order valence-electron chi connectivity index (χ4n) is 3.40. The van der Waals surface area contributed by atoms with Crippen molar-refractivity contribution in [2.45, 2.75) is 32.4 Å². The van der Waals surface area contributed by atoms with Crippen molar-refractivity contribution < 1.29 is 13.2 Å². The van der Waals surface area contributed by atoms with Gasteiger partial charge in [0.05, 0.1) is 18.6 Å². The Morgan fingerprint density at radius 3 is 2.57 bits per heavy atom. The van der Waals surface area contributed by atoms with Crippen molar-refractivity contribution in [3.63, 3.8) is 0 Å². The summed E-state index contributed by atoms with van der Waals surface area (Å²) in [5, 5.41) is 3.64. The lowest BCUT2D eigenvalue weighted by Crippen LogP contribution is -2.42. The fourth-order valence-corrected chi connectivity index (χ4v) is 4.03. The molecule has 0 bridgehead atoms. The van der Waals surface area contributed by atoms with E-state index in [1.807, 2.05) is 30.3 Å². The van der Waals surface area contributed by atoms with Crippen molar-refractivity contribution in [1.82, 2.24) is 5.32 Å². The van der Waals surface area contributed by atoms with E-state index in [1.54, 1.807) is 20.1 Å². The third-order valence-corrected chi connectivity index (χ3v) is 6.40. The van der Waals surface area contributed by atoms with E-state index in [4.69, 9.17) is 4.74 Å². The van der Waals surface area contributed by atoms with Gasteiger partial charge < -0.3 is 15.0 Å². The van der Waals surface area contributed by atoms with Gasteiger partial charge in [0.15, 0.2) is 0 Å². The maximum Gasteiger partial charge on any atom is 0.232 e. The maximum atomic E-state index is 11.8. The number of hydrogen-bond donors (Lipinski definition) is 2. The molecule has 1 heterocycles. The molecule has 3 rings (SSSR count). The topological polar surface area (TPSA) is 70.7 Å². The first kappa shape index (κ1) is 20.5. The van der Waals surface area contributed by atoms with E-state index >= 15 is 0 Å². The molecule has 2 aromatic rings. The molecule has 1 aliphatic heterocycles. The smallest absolute Gasteiger partial charge is 0.232 e. The van der Waals surface area contributed by atoms with Crippen LogP contribution in [0.4, 0.5) is 11.4 Å². The van der Waals surface area contributed by atoms with Gasteiger partial charge in [-0.1, -0.05) is 18.2 Å². The second kappa shape index (κ2) is 9.30. The average molecular weight is 404 g/mol. The van der Waals surface area contributed by atoms with Gasteiger partial charge in [0, 0.05) is 31.4 Å². The number of piperidine rings is 1. The van der Waals surface area contributed by atoms with Crippen molar-refractivity contribution in [1.29, 1.82) is 0 Å². The highest BCUT2D eigenvalue weighted by atomic mass is 32.2. The molecule has 0 spiro atoms. The SMILES string of the molecule is CCS(=O)(=O)Nc1cccc(N2CCC(NCc3cccc(OC)c3)CC2)c1. The fraction of sp³-hybridized carbons (Fsp3) is 0.429. The molecule has 0 aliphatic carbocycles. The van der Waals surface area contributed by atoms with E-state index in [2.05, 4.69) is 27.1 Å². The molecule has 1 saturated heterocycles. The second-order valence-corrected chi connectivity index (χ2v) is 9.06. The van der Waals surface area contributed by atoms with E-state index in [1.165, 1.54) is 5.56 Å². The van der Waals surface area contributed by atoms with Crippen LogP contribution in [0.25, 0.3) is 0 Å². The van der Waals surface area contributed by atoms with Gasteiger partial charge in [-0.2, -0.15) is 0 Å². The summed E-state index contributed by atoms with van der Waals surface area (Å²) >= 11 is 0. The normalized spacial score (nSPS) is 15.4. The first-order valence-electron chi connectivity index (χ1n) is 9.71. The van der Waals surface area contributed by atoms with Crippen molar-refractivity contribution in [2.75, 3.05) is 35.6 Å². The number of hydrogen-bond acceptors (Lipinski definition) is 5. The zero-order chi connectivity index (χ0) is 20.0. The highest BCUT2D eigenvalue weighted by Gasteiger charge is 2.19. The second-order valence-electron chi connectivity index (χ2n) is 7.05. The Labute approximate surface area is 168 Å². The van der Waals surface area contributed by atoms with Crippen molar-refractivity contribution >= 4 is 21.4 Å². The summed E-state index contributed by atoms with van der Waals surface area (Å²) in [7, 11) is -1.57. The molecule has 1 fully saturated rings. The van der Waals surface area contributed by atoms with Gasteiger partial charge in [-0.3, -0.25) is 4.72 Å². The Morgan fingerprint density at radius 2 is 1.86 bits per heavy atom. The summed E-state index contributed by atoms with van der Waals surface area (Å²) in [6.07, 6.45) is 2.10. The highest BCUT2D eigenvalue weighted by molar-refractivity contribution is 7.92. The first-order chi connectivity index (χ1) is 13.5. The predicted molar refractivity (Wildman–Crippen MR) is 115 cm³/mol. The number of rotatable bonds is 8. The summed E-state index contributed by atoms with van der Waals surface area (Å²) in [5.74, 6) is 0.953. The summed E-state index contributed by atoms with van der Waals surface area (Å²) < 4.78 is 31.5. The number of anilines is 2. The Kier molecular flexibility index (Phi) is 6.80. The highest BCUT2D eigenvalue weighted by Crippen LogP contribution is 2.24. The number of nitrogens with one attached hydrogen (secondary N) is 2. The van der Waals surface area contributed by atoms with E-state index in [0.717, 1.165) is 43.9 Å². The molecule has 152 valence electrons. The van der Waals surface area contributed by atoms with Gasteiger partial charge in [0.25, 0.3) is 0 Å². The molecule has 28 heavy (non-hydrogen) atoms. The summed E-state index contributed by atoms with van der Waals surface area (Å²) in [5.41, 5.74) is 2.90. The Bertz CT molecular complexity index is 878. The third-order valence-electron chi connectivity index (χ3n) is 5.09. The summed E-state index contributed by atoms with van der Waals surface area (Å²) in [6.45, 7) is 4.35. The number of methoxy groups -OCH3 is 1. The van der Waals surface area contributed by atoms with Gasteiger partial charge in [0.2, 0.25) is 10.0 Å². The largest absolute Gasteiger partial charge is 0.497 e. The zero-order valence-electron chi connectivity index (χ0n) is 16.5. The van der Waals surface area contributed by atoms with Crippen molar-refractivity contribution in [3.8, 4) is 5.75 Å². The van der Waals surface area contributed by atoms with Gasteiger partial charge >= 0.3 is 0 Å². The quantitative estimate of drug-likeness (QED) is 0.708. The number of benzene rings is 2. The minimum Gasteiger partial charge on any atom is -0.497 e. The van der Waals surface area contributed by atoms with E-state index < -0.39 is 10.0 Å². The van der Waals surface area contributed by atoms with Crippen LogP contribution in [0.2, 0.25) is 0 Å². The standard InChI is InChI=1S/C21H29N3O3S/c1-3-28(25,26)23-19-7-5-8-20(15-19)24-12-10-18(11-13-24)22-16-17-6-4-9-21(14-17)27-2/h4-9,14-15,18,22-23H,3,10-13,16H2,1-2H3. The number of ether oxygens (including phenoxy) is 1. The molecule has 2 N–H and O–H groups in total. The van der Waals surface area contributed by atoms with Crippen molar-refractivity contribution in [2.24, 2.45) is 0 Å². The average Bonchev–Trinajstić information content (AvgIpc) is 2.73. The minimum atomic E-state index is -3.26. The minimum absolute atomic E-state index is 0.0710. The van der Waals surface area contributed by atoms with Crippen LogP contribution in [0.15, 0.2) is 48.5 Å². The molecular weight excluding hydrogens is 374 g/mol. The molecule has 0 saturated carbocycles. The molecule has 0 amide bonds. The van der Waals surface area contributed by atoms with Crippen LogP contribution in [0.3, 0.4) is 0 Å². The summed E-state index contributed by atoms with van der Waals surface area (Å²) in [6, 6.07) is 16.2. The molecule has 1 aliphatic rings. The molecule has 0 unspecified atom stereocenters. The summed E-state index contributed by atoms with van der Waals surface area (Å²) in [4.78, 5) is 2.31. The molecule has 2 aromatic carbocycles. The van der Waals surface area contributed by atoms with E-state index in [-0.39, 0.29) is 5.75 Å². The molecule has 6 nitrogen and oxygen atoms in total. The molecule has 7 heteroatoms. The van der Waals surface area contributed by atoms with Crippen LogP contribution >= 0.6 is 0 Å². The lowest BCUT2D eigenvalue weighted by atomic mass is 10.0. The molecule has 0 atom stereocenters. The first-order valence-corrected chi connectivity index (χ1v) is 11.4. The van der Waals surface area contributed by atoms with Crippen LogP contribution in [0.1, 0.15) is 25.3 Å². The van der Waals surface area contributed by atoms with Crippen LogP contribution in [-0.4, -0.2) is 40.4 Å². The van der Waals surface area contributed by atoms with Crippen LogP contribution in [0, 0.1) is 0 Å². The van der Waals surface area contributed by atoms with Crippen molar-refractivity contribution in [3.05, 3.63) is 54.1 Å². The van der Waals surface area contributed by atoms with Crippen LogP contribution < -0.4 is 19.7 Å². The number of nitrogens with zero attached hydrogens (tertiary/aromatic N) is 1. The third kappa shape index (κ3) is 5.62. The van der Waals surface area contributed by atoms with E-state index in [0.29, 0.717) is 11.7 Å². The van der Waals surface area contributed by atoms with E-state index in [9.17, 15) is 8.42 Å². The molecular formula is C21H29N3O3S. The van der Waals surface area contributed by atoms with Crippen LogP contribution in [-0.2, 0) is 16.6 Å². The Morgan fingerprint density at radius 1 is 1.11 bits per heavy atom. The van der Waals surface area contributed by atoms with Gasteiger partial charge in [0.1, 0.15) is 5.75 Å². The zero-order valence-corrected chi connectivity index (χ0v) is 17.3. The van der Waals surface area contributed by atoms with Gasteiger partial charge in [-0.25, -0.2) is 8.42 Å². The predicted octanol–water partition coefficient (Wildman–Crippen LogP) is 3.22. The Balaban J connectivity index is 1.52. The van der Waals surface area contributed by atoms with Gasteiger partial charge in [-0.05, 0) is 55.7 Å².